The monoisotopic (exact) mass is 302 g/mol. The first kappa shape index (κ1) is 15.3. The van der Waals surface area contributed by atoms with Crippen molar-refractivity contribution < 1.29 is 9.53 Å². The number of nitrogen functional groups attached to an aromatic ring is 1. The van der Waals surface area contributed by atoms with E-state index in [0.29, 0.717) is 24.6 Å². The van der Waals surface area contributed by atoms with Crippen LogP contribution in [-0.2, 0) is 4.79 Å². The minimum atomic E-state index is -0.0147. The van der Waals surface area contributed by atoms with E-state index in [0.717, 1.165) is 10.6 Å². The average Bonchev–Trinajstić information content (AvgIpc) is 2.51. The molecule has 0 saturated carbocycles. The first-order valence-electron chi connectivity index (χ1n) is 6.67. The molecule has 2 aromatic carbocycles. The number of nitrogens with one attached hydrogen (secondary N) is 1. The van der Waals surface area contributed by atoms with Crippen molar-refractivity contribution >= 4 is 23.4 Å². The molecular formula is C16H18N2O2S. The predicted octanol–water partition coefficient (Wildman–Crippen LogP) is 2.56. The van der Waals surface area contributed by atoms with Crippen molar-refractivity contribution in [1.29, 1.82) is 0 Å². The van der Waals surface area contributed by atoms with E-state index < -0.39 is 0 Å². The van der Waals surface area contributed by atoms with Crippen LogP contribution in [0, 0.1) is 0 Å². The van der Waals surface area contributed by atoms with Crippen LogP contribution in [0.3, 0.4) is 0 Å². The second-order valence-corrected chi connectivity index (χ2v) is 5.42. The van der Waals surface area contributed by atoms with Crippen LogP contribution in [0.4, 0.5) is 5.69 Å². The lowest BCUT2D eigenvalue weighted by molar-refractivity contribution is -0.118. The summed E-state index contributed by atoms with van der Waals surface area (Å²) in [5, 5.41) is 2.82. The summed E-state index contributed by atoms with van der Waals surface area (Å²) < 4.78 is 5.50. The molecule has 1 amide bonds. The molecule has 0 aliphatic rings. The molecule has 0 aliphatic carbocycles. The zero-order chi connectivity index (χ0) is 14.9. The zero-order valence-corrected chi connectivity index (χ0v) is 12.4. The molecule has 0 unspecified atom stereocenters. The summed E-state index contributed by atoms with van der Waals surface area (Å²) in [5.74, 6) is 1.16. The highest BCUT2D eigenvalue weighted by molar-refractivity contribution is 8.00. The van der Waals surface area contributed by atoms with E-state index >= 15 is 0 Å². The summed E-state index contributed by atoms with van der Waals surface area (Å²) in [5.41, 5.74) is 6.39. The number of carbonyl (C=O) groups is 1. The number of anilines is 1. The molecule has 0 saturated heterocycles. The minimum absolute atomic E-state index is 0.0147. The Labute approximate surface area is 128 Å². The van der Waals surface area contributed by atoms with Crippen LogP contribution in [-0.4, -0.2) is 24.8 Å². The van der Waals surface area contributed by atoms with Gasteiger partial charge in [0.2, 0.25) is 5.91 Å². The Hall–Kier alpha value is -2.14. The molecule has 2 rings (SSSR count). The molecule has 110 valence electrons. The van der Waals surface area contributed by atoms with E-state index in [1.165, 1.54) is 11.8 Å². The van der Waals surface area contributed by atoms with E-state index in [1.54, 1.807) is 0 Å². The van der Waals surface area contributed by atoms with Crippen LogP contribution in [0.15, 0.2) is 59.5 Å². The summed E-state index contributed by atoms with van der Waals surface area (Å²) in [4.78, 5) is 12.7. The average molecular weight is 302 g/mol. The van der Waals surface area contributed by atoms with Gasteiger partial charge in [0.1, 0.15) is 12.4 Å². The number of amides is 1. The maximum Gasteiger partial charge on any atom is 0.230 e. The summed E-state index contributed by atoms with van der Waals surface area (Å²) in [7, 11) is 0. The maximum absolute atomic E-state index is 11.7. The molecule has 0 aliphatic heterocycles. The molecule has 4 nitrogen and oxygen atoms in total. The Bertz CT molecular complexity index is 575. The molecule has 0 fully saturated rings. The fourth-order valence-corrected chi connectivity index (χ4v) is 2.47. The van der Waals surface area contributed by atoms with E-state index in [-0.39, 0.29) is 5.91 Å². The van der Waals surface area contributed by atoms with Gasteiger partial charge < -0.3 is 15.8 Å². The Morgan fingerprint density at radius 3 is 2.71 bits per heavy atom. The van der Waals surface area contributed by atoms with Gasteiger partial charge in [-0.3, -0.25) is 4.79 Å². The Morgan fingerprint density at radius 1 is 1.14 bits per heavy atom. The van der Waals surface area contributed by atoms with Crippen LogP contribution >= 0.6 is 11.8 Å². The van der Waals surface area contributed by atoms with Gasteiger partial charge in [-0.05, 0) is 30.3 Å². The van der Waals surface area contributed by atoms with Gasteiger partial charge in [0.15, 0.2) is 0 Å². The maximum atomic E-state index is 11.7. The predicted molar refractivity (Wildman–Crippen MR) is 86.5 cm³/mol. The van der Waals surface area contributed by atoms with E-state index in [1.807, 2.05) is 54.6 Å². The van der Waals surface area contributed by atoms with Crippen LogP contribution in [0.2, 0.25) is 0 Å². The second-order valence-electron chi connectivity index (χ2n) is 4.37. The highest BCUT2D eigenvalue weighted by Gasteiger charge is 2.02. The summed E-state index contributed by atoms with van der Waals surface area (Å²) in [6, 6.07) is 17.0. The molecule has 2 aromatic rings. The molecular weight excluding hydrogens is 284 g/mol. The molecule has 0 radical (unpaired) electrons. The summed E-state index contributed by atoms with van der Waals surface area (Å²) in [6.07, 6.45) is 0. The number of ether oxygens (including phenoxy) is 1. The first-order chi connectivity index (χ1) is 10.2. The molecule has 0 atom stereocenters. The van der Waals surface area contributed by atoms with Crippen LogP contribution in [0.5, 0.6) is 5.75 Å². The lowest BCUT2D eigenvalue weighted by atomic mass is 10.3. The molecule has 5 heteroatoms. The second kappa shape index (κ2) is 8.21. The summed E-state index contributed by atoms with van der Waals surface area (Å²) >= 11 is 1.46. The van der Waals surface area contributed by atoms with E-state index in [9.17, 15) is 4.79 Å². The first-order valence-corrected chi connectivity index (χ1v) is 7.65. The molecule has 3 N–H and O–H groups in total. The number of nitrogens with two attached hydrogens (primary N) is 1. The number of hydrogen-bond donors (Lipinski definition) is 2. The Morgan fingerprint density at radius 2 is 1.95 bits per heavy atom. The highest BCUT2D eigenvalue weighted by Crippen LogP contribution is 2.19. The SMILES string of the molecule is Nc1cccc(SCC(=O)NCCOc2ccccc2)c1. The van der Waals surface area contributed by atoms with Crippen molar-refractivity contribution in [2.75, 3.05) is 24.6 Å². The quantitative estimate of drug-likeness (QED) is 0.469. The third-order valence-electron chi connectivity index (χ3n) is 2.66. The molecule has 0 heterocycles. The van der Waals surface area contributed by atoms with Crippen molar-refractivity contribution in [3.8, 4) is 5.75 Å². The lowest BCUT2D eigenvalue weighted by Crippen LogP contribution is -2.29. The van der Waals surface area contributed by atoms with Gasteiger partial charge in [-0.15, -0.1) is 11.8 Å². The van der Waals surface area contributed by atoms with Gasteiger partial charge in [0.05, 0.1) is 12.3 Å². The number of rotatable bonds is 7. The van der Waals surface area contributed by atoms with Gasteiger partial charge in [-0.2, -0.15) is 0 Å². The van der Waals surface area contributed by atoms with Gasteiger partial charge in [-0.25, -0.2) is 0 Å². The van der Waals surface area contributed by atoms with Crippen LogP contribution in [0.25, 0.3) is 0 Å². The van der Waals surface area contributed by atoms with Gasteiger partial charge in [0.25, 0.3) is 0 Å². The zero-order valence-electron chi connectivity index (χ0n) is 11.6. The number of para-hydroxylation sites is 1. The molecule has 0 spiro atoms. The molecule has 21 heavy (non-hydrogen) atoms. The fourth-order valence-electron chi connectivity index (χ4n) is 1.68. The van der Waals surface area contributed by atoms with Crippen molar-refractivity contribution in [1.82, 2.24) is 5.32 Å². The normalized spacial score (nSPS) is 10.1. The number of carbonyl (C=O) groups excluding carboxylic acids is 1. The lowest BCUT2D eigenvalue weighted by Gasteiger charge is -2.07. The third kappa shape index (κ3) is 5.79. The smallest absolute Gasteiger partial charge is 0.230 e. The topological polar surface area (TPSA) is 64.4 Å². The summed E-state index contributed by atoms with van der Waals surface area (Å²) in [6.45, 7) is 0.948. The number of benzene rings is 2. The largest absolute Gasteiger partial charge is 0.492 e. The van der Waals surface area contributed by atoms with Crippen LogP contribution in [0.1, 0.15) is 0 Å². The number of thioether (sulfide) groups is 1. The van der Waals surface area contributed by atoms with Gasteiger partial charge in [-0.1, -0.05) is 24.3 Å². The van der Waals surface area contributed by atoms with Crippen molar-refractivity contribution in [2.45, 2.75) is 4.90 Å². The third-order valence-corrected chi connectivity index (χ3v) is 3.66. The molecule has 0 aromatic heterocycles. The number of hydrogen-bond acceptors (Lipinski definition) is 4. The Balaban J connectivity index is 1.62. The Kier molecular flexibility index (Phi) is 5.97. The van der Waals surface area contributed by atoms with Gasteiger partial charge >= 0.3 is 0 Å². The van der Waals surface area contributed by atoms with Crippen molar-refractivity contribution in [3.63, 3.8) is 0 Å². The molecule has 0 bridgehead atoms. The fraction of sp³-hybridized carbons (Fsp3) is 0.188. The standard InChI is InChI=1S/C16H18N2O2S/c17-13-5-4-8-15(11-13)21-12-16(19)18-9-10-20-14-6-2-1-3-7-14/h1-8,11H,9-10,12,17H2,(H,18,19). The van der Waals surface area contributed by atoms with E-state index in [4.69, 9.17) is 10.5 Å². The van der Waals surface area contributed by atoms with Gasteiger partial charge in [0, 0.05) is 10.6 Å². The van der Waals surface area contributed by atoms with Crippen LogP contribution < -0.4 is 15.8 Å². The van der Waals surface area contributed by atoms with Crippen molar-refractivity contribution in [2.24, 2.45) is 0 Å². The minimum Gasteiger partial charge on any atom is -0.492 e. The van der Waals surface area contributed by atoms with Crippen molar-refractivity contribution in [3.05, 3.63) is 54.6 Å². The highest BCUT2D eigenvalue weighted by atomic mass is 32.2. The van der Waals surface area contributed by atoms with E-state index in [2.05, 4.69) is 5.32 Å².